The van der Waals surface area contributed by atoms with Crippen LogP contribution in [0, 0.1) is 0 Å². The summed E-state index contributed by atoms with van der Waals surface area (Å²) < 4.78 is 32.5. The summed E-state index contributed by atoms with van der Waals surface area (Å²) >= 11 is 23.7. The zero-order valence-electron chi connectivity index (χ0n) is 9.57. The molecule has 0 heterocycles. The van der Waals surface area contributed by atoms with Crippen LogP contribution in [-0.2, 0) is 10.1 Å². The minimum absolute atomic E-state index is 0.00849. The summed E-state index contributed by atoms with van der Waals surface area (Å²) in [7, 11) is -4.63. The van der Waals surface area contributed by atoms with E-state index in [9.17, 15) is 13.0 Å². The van der Waals surface area contributed by atoms with Gasteiger partial charge in [-0.15, -0.1) is 0 Å². The van der Waals surface area contributed by atoms with Gasteiger partial charge >= 0.3 is 0 Å². The van der Waals surface area contributed by atoms with Gasteiger partial charge in [-0.2, -0.15) is 8.42 Å². The van der Waals surface area contributed by atoms with Crippen LogP contribution in [0.25, 0.3) is 11.1 Å². The second kappa shape index (κ2) is 5.72. The van der Waals surface area contributed by atoms with Crippen LogP contribution in [0.1, 0.15) is 0 Å². The summed E-state index contributed by atoms with van der Waals surface area (Å²) in [6.07, 6.45) is 0. The Bertz CT molecular complexity index is 773. The summed E-state index contributed by atoms with van der Waals surface area (Å²) in [6, 6.07) is 8.31. The Morgan fingerprint density at radius 2 is 1.30 bits per heavy atom. The molecule has 2 rings (SSSR count). The van der Waals surface area contributed by atoms with Gasteiger partial charge in [0.2, 0.25) is 0 Å². The van der Waals surface area contributed by atoms with Crippen molar-refractivity contribution in [1.29, 1.82) is 0 Å². The standard InChI is InChI=1S/C12H6Cl4O3S/c13-8-7(6-4-2-1-3-5-6)12(20(17,18)19)11(16)10(15)9(8)14/h1-5H,(H,17,18,19). The zero-order chi connectivity index (χ0) is 15.1. The first kappa shape index (κ1) is 15.9. The van der Waals surface area contributed by atoms with E-state index in [0.717, 1.165) is 0 Å². The molecule has 0 aliphatic heterocycles. The molecule has 0 atom stereocenters. The minimum Gasteiger partial charge on any atom is -0.282 e. The Morgan fingerprint density at radius 1 is 0.800 bits per heavy atom. The van der Waals surface area contributed by atoms with Crippen LogP contribution in [0.15, 0.2) is 35.2 Å². The molecule has 0 aliphatic carbocycles. The third-order valence-corrected chi connectivity index (χ3v) is 5.38. The summed E-state index contributed by atoms with van der Waals surface area (Å²) in [5.41, 5.74) is 0.444. The highest BCUT2D eigenvalue weighted by Crippen LogP contribution is 2.47. The Balaban J connectivity index is 3.00. The van der Waals surface area contributed by atoms with Crippen molar-refractivity contribution < 1.29 is 13.0 Å². The van der Waals surface area contributed by atoms with Gasteiger partial charge in [0.15, 0.2) is 0 Å². The van der Waals surface area contributed by atoms with Crippen molar-refractivity contribution in [3.8, 4) is 11.1 Å². The van der Waals surface area contributed by atoms with Gasteiger partial charge in [0, 0.05) is 5.56 Å². The van der Waals surface area contributed by atoms with Crippen molar-refractivity contribution in [3.05, 3.63) is 50.4 Å². The highest BCUT2D eigenvalue weighted by atomic mass is 35.5. The summed E-state index contributed by atoms with van der Waals surface area (Å²) in [4.78, 5) is -0.565. The molecule has 20 heavy (non-hydrogen) atoms. The highest BCUT2D eigenvalue weighted by Gasteiger charge is 2.28. The second-order valence-corrected chi connectivity index (χ2v) is 6.67. The van der Waals surface area contributed by atoms with E-state index in [1.165, 1.54) is 0 Å². The average molecular weight is 372 g/mol. The Hall–Kier alpha value is -0.490. The molecule has 0 saturated carbocycles. The maximum atomic E-state index is 11.6. The first-order chi connectivity index (χ1) is 9.25. The molecular weight excluding hydrogens is 366 g/mol. The zero-order valence-corrected chi connectivity index (χ0v) is 13.4. The van der Waals surface area contributed by atoms with Crippen LogP contribution in [0.4, 0.5) is 0 Å². The Kier molecular flexibility index (Phi) is 4.54. The van der Waals surface area contributed by atoms with Crippen molar-refractivity contribution in [3.63, 3.8) is 0 Å². The molecule has 0 saturated heterocycles. The van der Waals surface area contributed by atoms with Crippen molar-refractivity contribution in [2.24, 2.45) is 0 Å². The molecule has 0 fully saturated rings. The van der Waals surface area contributed by atoms with E-state index in [2.05, 4.69) is 0 Å². The maximum absolute atomic E-state index is 11.6. The molecule has 0 aromatic heterocycles. The van der Waals surface area contributed by atoms with Gasteiger partial charge in [-0.1, -0.05) is 76.7 Å². The summed E-state index contributed by atoms with van der Waals surface area (Å²) in [5.74, 6) is 0. The van der Waals surface area contributed by atoms with Crippen LogP contribution >= 0.6 is 46.4 Å². The van der Waals surface area contributed by atoms with E-state index in [4.69, 9.17) is 46.4 Å². The molecule has 2 aromatic rings. The number of rotatable bonds is 2. The number of halogens is 4. The third kappa shape index (κ3) is 2.77. The molecule has 0 radical (unpaired) electrons. The summed E-state index contributed by atoms with van der Waals surface area (Å²) in [6.45, 7) is 0. The van der Waals surface area contributed by atoms with E-state index in [0.29, 0.717) is 5.56 Å². The third-order valence-electron chi connectivity index (χ3n) is 2.54. The molecule has 0 unspecified atom stereocenters. The first-order valence-corrected chi connectivity index (χ1v) is 8.09. The van der Waals surface area contributed by atoms with Crippen molar-refractivity contribution >= 4 is 56.5 Å². The van der Waals surface area contributed by atoms with Crippen LogP contribution in [-0.4, -0.2) is 13.0 Å². The fraction of sp³-hybridized carbons (Fsp3) is 0. The van der Waals surface area contributed by atoms with Crippen molar-refractivity contribution in [2.75, 3.05) is 0 Å². The van der Waals surface area contributed by atoms with Gasteiger partial charge in [0.1, 0.15) is 4.90 Å². The van der Waals surface area contributed by atoms with Gasteiger partial charge < -0.3 is 0 Å². The fourth-order valence-corrected chi connectivity index (χ4v) is 3.89. The van der Waals surface area contributed by atoms with Crippen LogP contribution in [0.5, 0.6) is 0 Å². The molecule has 0 bridgehead atoms. The topological polar surface area (TPSA) is 54.4 Å². The largest absolute Gasteiger partial charge is 0.296 e. The van der Waals surface area contributed by atoms with Crippen LogP contribution in [0.2, 0.25) is 20.1 Å². The van der Waals surface area contributed by atoms with Gasteiger partial charge in [0.25, 0.3) is 10.1 Å². The van der Waals surface area contributed by atoms with Gasteiger partial charge in [-0.05, 0) is 5.56 Å². The highest BCUT2D eigenvalue weighted by molar-refractivity contribution is 7.86. The molecule has 0 amide bonds. The van der Waals surface area contributed by atoms with E-state index < -0.39 is 15.0 Å². The second-order valence-electron chi connectivity index (χ2n) is 3.80. The lowest BCUT2D eigenvalue weighted by Gasteiger charge is -2.14. The lowest BCUT2D eigenvalue weighted by atomic mass is 10.1. The predicted octanol–water partition coefficient (Wildman–Crippen LogP) is 5.21. The Morgan fingerprint density at radius 3 is 1.80 bits per heavy atom. The average Bonchev–Trinajstić information content (AvgIpc) is 2.39. The lowest BCUT2D eigenvalue weighted by Crippen LogP contribution is -2.03. The Labute approximate surface area is 135 Å². The maximum Gasteiger partial charge on any atom is 0.296 e. The number of hydrogen-bond acceptors (Lipinski definition) is 2. The van der Waals surface area contributed by atoms with E-state index in [1.807, 2.05) is 0 Å². The smallest absolute Gasteiger partial charge is 0.282 e. The van der Waals surface area contributed by atoms with Gasteiger partial charge in [-0.25, -0.2) is 0 Å². The predicted molar refractivity (Wildman–Crippen MR) is 81.7 cm³/mol. The van der Waals surface area contributed by atoms with E-state index in [-0.39, 0.29) is 25.7 Å². The molecule has 1 N–H and O–H groups in total. The monoisotopic (exact) mass is 370 g/mol. The number of benzene rings is 2. The molecule has 3 nitrogen and oxygen atoms in total. The van der Waals surface area contributed by atoms with Crippen LogP contribution < -0.4 is 0 Å². The molecule has 0 aliphatic rings. The SMILES string of the molecule is O=S(=O)(O)c1c(Cl)c(Cl)c(Cl)c(Cl)c1-c1ccccc1. The van der Waals surface area contributed by atoms with E-state index in [1.54, 1.807) is 30.3 Å². The minimum atomic E-state index is -4.63. The first-order valence-electron chi connectivity index (χ1n) is 5.14. The van der Waals surface area contributed by atoms with Crippen molar-refractivity contribution in [1.82, 2.24) is 0 Å². The van der Waals surface area contributed by atoms with Gasteiger partial charge in [-0.3, -0.25) is 4.55 Å². The fourth-order valence-electron chi connectivity index (χ4n) is 1.72. The molecular formula is C12H6Cl4O3S. The summed E-state index contributed by atoms with van der Waals surface area (Å²) in [5, 5.41) is -0.780. The number of hydrogen-bond donors (Lipinski definition) is 1. The van der Waals surface area contributed by atoms with Crippen molar-refractivity contribution in [2.45, 2.75) is 4.90 Å². The van der Waals surface area contributed by atoms with Gasteiger partial charge in [0.05, 0.1) is 20.1 Å². The lowest BCUT2D eigenvalue weighted by molar-refractivity contribution is 0.483. The normalized spacial score (nSPS) is 11.7. The molecule has 2 aromatic carbocycles. The molecule has 0 spiro atoms. The van der Waals surface area contributed by atoms with E-state index >= 15 is 0 Å². The quantitative estimate of drug-likeness (QED) is 0.447. The molecule has 106 valence electrons. The van der Waals surface area contributed by atoms with Crippen LogP contribution in [0.3, 0.4) is 0 Å². The molecule has 8 heteroatoms.